The number of imidazole rings is 1. The maximum Gasteiger partial charge on any atom is 0.291 e. The highest BCUT2D eigenvalue weighted by Crippen LogP contribution is 2.24. The number of methoxy groups -OCH3 is 1. The van der Waals surface area contributed by atoms with E-state index in [0.29, 0.717) is 5.69 Å². The Hall–Kier alpha value is -3.54. The van der Waals surface area contributed by atoms with Gasteiger partial charge in [0.15, 0.2) is 5.76 Å². The van der Waals surface area contributed by atoms with Crippen LogP contribution in [0.5, 0.6) is 5.75 Å². The van der Waals surface area contributed by atoms with Crippen molar-refractivity contribution in [2.75, 3.05) is 12.4 Å². The Labute approximate surface area is 143 Å². The summed E-state index contributed by atoms with van der Waals surface area (Å²) in [5.41, 5.74) is 3.38. The molecule has 0 aliphatic rings. The van der Waals surface area contributed by atoms with Crippen LogP contribution in [0.2, 0.25) is 0 Å². The number of hydrogen-bond acceptors (Lipinski definition) is 4. The number of carbonyl (C=O) groups is 1. The summed E-state index contributed by atoms with van der Waals surface area (Å²) in [6.45, 7) is 0. The lowest BCUT2D eigenvalue weighted by Gasteiger charge is -2.04. The van der Waals surface area contributed by atoms with Gasteiger partial charge in [0.1, 0.15) is 11.6 Å². The number of hydrogen-bond donors (Lipinski definition) is 2. The molecule has 2 N–H and O–H groups in total. The second-order valence-corrected chi connectivity index (χ2v) is 5.48. The zero-order valence-corrected chi connectivity index (χ0v) is 13.4. The van der Waals surface area contributed by atoms with Crippen LogP contribution in [-0.4, -0.2) is 23.0 Å². The Kier molecular flexibility index (Phi) is 3.70. The van der Waals surface area contributed by atoms with Crippen LogP contribution < -0.4 is 10.1 Å². The summed E-state index contributed by atoms with van der Waals surface area (Å²) in [4.78, 5) is 19.8. The van der Waals surface area contributed by atoms with E-state index in [-0.39, 0.29) is 11.7 Å². The summed E-state index contributed by atoms with van der Waals surface area (Å²) in [6, 6.07) is 16.4. The predicted octanol–water partition coefficient (Wildman–Crippen LogP) is 4.08. The number of amides is 1. The number of anilines is 1. The molecule has 4 aromatic rings. The standard InChI is InChI=1S/C19H15N3O3/c1-24-14-8-9-15-16(11-14)22-18(21-15)12-4-6-13(7-5-12)20-19(23)17-3-2-10-25-17/h2-11H,1H3,(H,20,23)(H,21,22). The number of aromatic amines is 1. The average molecular weight is 333 g/mol. The molecule has 6 heteroatoms. The molecule has 0 unspecified atom stereocenters. The van der Waals surface area contributed by atoms with Crippen molar-refractivity contribution in [2.24, 2.45) is 0 Å². The molecule has 0 bridgehead atoms. The van der Waals surface area contributed by atoms with Crippen molar-refractivity contribution in [1.82, 2.24) is 9.97 Å². The third-order valence-corrected chi connectivity index (χ3v) is 3.85. The van der Waals surface area contributed by atoms with Gasteiger partial charge >= 0.3 is 0 Å². The van der Waals surface area contributed by atoms with Crippen molar-refractivity contribution in [3.8, 4) is 17.1 Å². The van der Waals surface area contributed by atoms with Gasteiger partial charge in [0.25, 0.3) is 5.91 Å². The molecule has 0 spiro atoms. The molecule has 0 radical (unpaired) electrons. The number of rotatable bonds is 4. The first kappa shape index (κ1) is 15.0. The number of carbonyl (C=O) groups excluding carboxylic acids is 1. The SMILES string of the molecule is COc1ccc2nc(-c3ccc(NC(=O)c4ccco4)cc3)[nH]c2c1. The topological polar surface area (TPSA) is 80.2 Å². The largest absolute Gasteiger partial charge is 0.497 e. The summed E-state index contributed by atoms with van der Waals surface area (Å²) in [5, 5.41) is 2.78. The number of aromatic nitrogens is 2. The molecule has 4 rings (SSSR count). The third kappa shape index (κ3) is 2.97. The van der Waals surface area contributed by atoms with E-state index in [4.69, 9.17) is 9.15 Å². The van der Waals surface area contributed by atoms with Crippen LogP contribution >= 0.6 is 0 Å². The molecule has 6 nitrogen and oxygen atoms in total. The van der Waals surface area contributed by atoms with E-state index in [2.05, 4.69) is 15.3 Å². The highest BCUT2D eigenvalue weighted by atomic mass is 16.5. The number of fused-ring (bicyclic) bond motifs is 1. The minimum absolute atomic E-state index is 0.273. The van der Waals surface area contributed by atoms with Crippen molar-refractivity contribution in [2.45, 2.75) is 0 Å². The van der Waals surface area contributed by atoms with Gasteiger partial charge in [-0.2, -0.15) is 0 Å². The first-order valence-electron chi connectivity index (χ1n) is 7.72. The molecule has 2 aromatic heterocycles. The van der Waals surface area contributed by atoms with Crippen LogP contribution in [0.4, 0.5) is 5.69 Å². The molecule has 2 aromatic carbocycles. The molecule has 2 heterocycles. The number of ether oxygens (including phenoxy) is 1. The van der Waals surface area contributed by atoms with Gasteiger partial charge in [0.2, 0.25) is 0 Å². The molecule has 0 fully saturated rings. The lowest BCUT2D eigenvalue weighted by Crippen LogP contribution is -2.10. The molecule has 0 atom stereocenters. The highest BCUT2D eigenvalue weighted by molar-refractivity contribution is 6.02. The molecule has 0 aliphatic carbocycles. The van der Waals surface area contributed by atoms with Crippen molar-refractivity contribution < 1.29 is 13.9 Å². The lowest BCUT2D eigenvalue weighted by molar-refractivity contribution is 0.0996. The Balaban J connectivity index is 1.56. The molecule has 1 amide bonds. The zero-order valence-electron chi connectivity index (χ0n) is 13.4. The maximum absolute atomic E-state index is 12.0. The molecule has 0 saturated heterocycles. The van der Waals surface area contributed by atoms with E-state index < -0.39 is 0 Å². The number of benzene rings is 2. The lowest BCUT2D eigenvalue weighted by atomic mass is 10.2. The summed E-state index contributed by atoms with van der Waals surface area (Å²) in [5.74, 6) is 1.52. The minimum atomic E-state index is -0.284. The van der Waals surface area contributed by atoms with Crippen LogP contribution in [0, 0.1) is 0 Å². The first-order valence-corrected chi connectivity index (χ1v) is 7.72. The Morgan fingerprint density at radius 2 is 2.00 bits per heavy atom. The van der Waals surface area contributed by atoms with Crippen molar-refractivity contribution in [3.05, 3.63) is 66.6 Å². The smallest absolute Gasteiger partial charge is 0.291 e. The van der Waals surface area contributed by atoms with Gasteiger partial charge in [0, 0.05) is 17.3 Å². The van der Waals surface area contributed by atoms with Crippen LogP contribution in [0.3, 0.4) is 0 Å². The van der Waals surface area contributed by atoms with Crippen LogP contribution in [0.1, 0.15) is 10.6 Å². The molecular formula is C19H15N3O3. The van der Waals surface area contributed by atoms with E-state index in [9.17, 15) is 4.79 Å². The summed E-state index contributed by atoms with van der Waals surface area (Å²) >= 11 is 0. The van der Waals surface area contributed by atoms with E-state index in [1.807, 2.05) is 42.5 Å². The fourth-order valence-electron chi connectivity index (χ4n) is 2.56. The van der Waals surface area contributed by atoms with Crippen LogP contribution in [0.15, 0.2) is 65.3 Å². The second kappa shape index (κ2) is 6.16. The van der Waals surface area contributed by atoms with E-state index in [1.165, 1.54) is 6.26 Å². The van der Waals surface area contributed by atoms with Gasteiger partial charge in [-0.1, -0.05) is 0 Å². The van der Waals surface area contributed by atoms with Gasteiger partial charge in [-0.15, -0.1) is 0 Å². The highest BCUT2D eigenvalue weighted by Gasteiger charge is 2.10. The fraction of sp³-hybridized carbons (Fsp3) is 0.0526. The average Bonchev–Trinajstić information content (AvgIpc) is 3.31. The van der Waals surface area contributed by atoms with E-state index in [0.717, 1.165) is 28.2 Å². The van der Waals surface area contributed by atoms with Gasteiger partial charge < -0.3 is 19.5 Å². The van der Waals surface area contributed by atoms with E-state index >= 15 is 0 Å². The summed E-state index contributed by atoms with van der Waals surface area (Å²) in [7, 11) is 1.63. The molecule has 25 heavy (non-hydrogen) atoms. The van der Waals surface area contributed by atoms with Gasteiger partial charge in [0.05, 0.1) is 24.4 Å². The molecule has 124 valence electrons. The van der Waals surface area contributed by atoms with Crippen LogP contribution in [0.25, 0.3) is 22.4 Å². The van der Waals surface area contributed by atoms with Crippen molar-refractivity contribution in [1.29, 1.82) is 0 Å². The maximum atomic E-state index is 12.0. The summed E-state index contributed by atoms with van der Waals surface area (Å²) in [6.07, 6.45) is 1.47. The van der Waals surface area contributed by atoms with Gasteiger partial charge in [-0.05, 0) is 48.5 Å². The van der Waals surface area contributed by atoms with Gasteiger partial charge in [-0.25, -0.2) is 4.98 Å². The Morgan fingerprint density at radius 1 is 1.16 bits per heavy atom. The predicted molar refractivity (Wildman–Crippen MR) is 94.7 cm³/mol. The third-order valence-electron chi connectivity index (χ3n) is 3.85. The number of nitrogens with one attached hydrogen (secondary N) is 2. The zero-order chi connectivity index (χ0) is 17.2. The number of furan rings is 1. The quantitative estimate of drug-likeness (QED) is 0.589. The van der Waals surface area contributed by atoms with E-state index in [1.54, 1.807) is 19.2 Å². The first-order chi connectivity index (χ1) is 12.2. The van der Waals surface area contributed by atoms with Crippen LogP contribution in [-0.2, 0) is 0 Å². The van der Waals surface area contributed by atoms with Crippen molar-refractivity contribution in [3.63, 3.8) is 0 Å². The summed E-state index contributed by atoms with van der Waals surface area (Å²) < 4.78 is 10.3. The van der Waals surface area contributed by atoms with Crippen molar-refractivity contribution >= 4 is 22.6 Å². The monoisotopic (exact) mass is 333 g/mol. The number of H-pyrrole nitrogens is 1. The number of nitrogens with zero attached hydrogens (tertiary/aromatic N) is 1. The Bertz CT molecular complexity index is 1020. The van der Waals surface area contributed by atoms with Gasteiger partial charge in [-0.3, -0.25) is 4.79 Å². The fourth-order valence-corrected chi connectivity index (χ4v) is 2.56. The molecule has 0 aliphatic heterocycles. The minimum Gasteiger partial charge on any atom is -0.497 e. The molecule has 0 saturated carbocycles. The Morgan fingerprint density at radius 3 is 2.72 bits per heavy atom. The molecular weight excluding hydrogens is 318 g/mol. The normalized spacial score (nSPS) is 10.8. The second-order valence-electron chi connectivity index (χ2n) is 5.48.